The minimum atomic E-state index is -0.900. The van der Waals surface area contributed by atoms with Crippen LogP contribution in [0.2, 0.25) is 5.02 Å². The maximum Gasteiger partial charge on any atom is 0.347 e. The summed E-state index contributed by atoms with van der Waals surface area (Å²) in [4.78, 5) is 36.2. The van der Waals surface area contributed by atoms with E-state index in [0.717, 1.165) is 5.56 Å². The van der Waals surface area contributed by atoms with E-state index in [9.17, 15) is 14.4 Å². The summed E-state index contributed by atoms with van der Waals surface area (Å²) in [5, 5.41) is 9.24. The number of pyridine rings is 1. The first-order valence-corrected chi connectivity index (χ1v) is 8.05. The van der Waals surface area contributed by atoms with E-state index < -0.39 is 23.6 Å². The minimum Gasteiger partial charge on any atom is -0.467 e. The average molecular weight is 375 g/mol. The molecule has 2 N–H and O–H groups in total. The van der Waals surface area contributed by atoms with Crippen LogP contribution in [0.25, 0.3) is 5.65 Å². The second-order valence-corrected chi connectivity index (χ2v) is 5.99. The first kappa shape index (κ1) is 17.7. The molecule has 0 aliphatic carbocycles. The zero-order valence-corrected chi connectivity index (χ0v) is 14.5. The van der Waals surface area contributed by atoms with Crippen LogP contribution >= 0.6 is 11.6 Å². The third-order valence-electron chi connectivity index (χ3n) is 3.79. The van der Waals surface area contributed by atoms with Crippen molar-refractivity contribution in [3.63, 3.8) is 0 Å². The maximum atomic E-state index is 12.5. The van der Waals surface area contributed by atoms with E-state index in [1.165, 1.54) is 29.8 Å². The number of H-pyrrole nitrogens is 1. The van der Waals surface area contributed by atoms with Gasteiger partial charge in [0.05, 0.1) is 12.7 Å². The van der Waals surface area contributed by atoms with Gasteiger partial charge in [0.15, 0.2) is 5.65 Å². The quantitative estimate of drug-likeness (QED) is 0.652. The van der Waals surface area contributed by atoms with Crippen LogP contribution < -0.4 is 11.0 Å². The van der Waals surface area contributed by atoms with E-state index in [1.54, 1.807) is 24.3 Å². The Bertz CT molecular complexity index is 1030. The third-order valence-corrected chi connectivity index (χ3v) is 4.03. The van der Waals surface area contributed by atoms with E-state index in [-0.39, 0.29) is 12.0 Å². The summed E-state index contributed by atoms with van der Waals surface area (Å²) in [5.74, 6) is -1.10. The monoisotopic (exact) mass is 374 g/mol. The Morgan fingerprint density at radius 1 is 1.35 bits per heavy atom. The number of amides is 1. The molecular weight excluding hydrogens is 360 g/mol. The molecule has 2 aromatic heterocycles. The standard InChI is InChI=1S/C17H15ClN4O4/c1-26-16(24)13(8-10-3-2-4-12(18)7-10)19-15(23)11-5-6-14-20-21-17(25)22(14)9-11/h2-7,9,13H,8H2,1H3,(H,19,23)(H,21,25)/t13-/m1/s1. The van der Waals surface area contributed by atoms with Crippen LogP contribution in [0.3, 0.4) is 0 Å². The van der Waals surface area contributed by atoms with E-state index in [0.29, 0.717) is 10.7 Å². The highest BCUT2D eigenvalue weighted by Gasteiger charge is 2.23. The Balaban J connectivity index is 1.82. The molecule has 0 fully saturated rings. The van der Waals surface area contributed by atoms with E-state index >= 15 is 0 Å². The molecule has 9 heteroatoms. The number of rotatable bonds is 5. The fourth-order valence-electron chi connectivity index (χ4n) is 2.52. The van der Waals surface area contributed by atoms with Gasteiger partial charge >= 0.3 is 11.7 Å². The van der Waals surface area contributed by atoms with Gasteiger partial charge in [-0.1, -0.05) is 23.7 Å². The highest BCUT2D eigenvalue weighted by Crippen LogP contribution is 2.13. The number of fused-ring (bicyclic) bond motifs is 1. The largest absolute Gasteiger partial charge is 0.467 e. The van der Waals surface area contributed by atoms with Crippen LogP contribution in [0.5, 0.6) is 0 Å². The predicted molar refractivity (Wildman–Crippen MR) is 94.2 cm³/mol. The summed E-state index contributed by atoms with van der Waals surface area (Å²) < 4.78 is 5.98. The zero-order chi connectivity index (χ0) is 18.7. The van der Waals surface area contributed by atoms with Gasteiger partial charge in [-0.3, -0.25) is 4.79 Å². The topological polar surface area (TPSA) is 106 Å². The van der Waals surface area contributed by atoms with Gasteiger partial charge in [0.25, 0.3) is 5.91 Å². The fraction of sp³-hybridized carbons (Fsp3) is 0.176. The molecule has 0 radical (unpaired) electrons. The molecule has 0 saturated carbocycles. The number of esters is 1. The van der Waals surface area contributed by atoms with Crippen molar-refractivity contribution in [1.29, 1.82) is 0 Å². The molecule has 0 aliphatic heterocycles. The van der Waals surface area contributed by atoms with E-state index in [1.807, 2.05) is 0 Å². The normalized spacial score (nSPS) is 11.9. The molecular formula is C17H15ClN4O4. The summed E-state index contributed by atoms with van der Waals surface area (Å²) in [7, 11) is 1.25. The number of carbonyl (C=O) groups excluding carboxylic acids is 2. The number of hydrogen-bond donors (Lipinski definition) is 2. The van der Waals surface area contributed by atoms with Crippen molar-refractivity contribution in [3.8, 4) is 0 Å². The lowest BCUT2D eigenvalue weighted by molar-refractivity contribution is -0.142. The molecule has 3 aromatic rings. The molecule has 0 aliphatic rings. The second-order valence-electron chi connectivity index (χ2n) is 5.56. The Morgan fingerprint density at radius 2 is 2.15 bits per heavy atom. The summed E-state index contributed by atoms with van der Waals surface area (Å²) in [6.07, 6.45) is 1.57. The summed E-state index contributed by atoms with van der Waals surface area (Å²) in [5.41, 5.74) is 0.906. The molecule has 0 spiro atoms. The summed E-state index contributed by atoms with van der Waals surface area (Å²) in [6.45, 7) is 0. The van der Waals surface area contributed by atoms with Crippen molar-refractivity contribution in [2.75, 3.05) is 7.11 Å². The van der Waals surface area contributed by atoms with Crippen molar-refractivity contribution < 1.29 is 14.3 Å². The van der Waals surface area contributed by atoms with Gasteiger partial charge in [-0.05, 0) is 29.8 Å². The molecule has 1 aromatic carbocycles. The lowest BCUT2D eigenvalue weighted by Crippen LogP contribution is -2.43. The number of nitrogens with zero attached hydrogens (tertiary/aromatic N) is 2. The van der Waals surface area contributed by atoms with Crippen molar-refractivity contribution in [2.45, 2.75) is 12.5 Å². The number of methoxy groups -OCH3 is 1. The molecule has 3 rings (SSSR count). The molecule has 1 amide bonds. The van der Waals surface area contributed by atoms with Gasteiger partial charge in [0.2, 0.25) is 0 Å². The molecule has 26 heavy (non-hydrogen) atoms. The number of benzene rings is 1. The van der Waals surface area contributed by atoms with Crippen LogP contribution in [0, 0.1) is 0 Å². The summed E-state index contributed by atoms with van der Waals surface area (Å²) in [6, 6.07) is 9.12. The number of nitrogens with one attached hydrogen (secondary N) is 2. The summed E-state index contributed by atoms with van der Waals surface area (Å²) >= 11 is 5.96. The smallest absolute Gasteiger partial charge is 0.347 e. The van der Waals surface area contributed by atoms with Crippen molar-refractivity contribution in [2.24, 2.45) is 0 Å². The third kappa shape index (κ3) is 3.75. The fourth-order valence-corrected chi connectivity index (χ4v) is 2.73. The average Bonchev–Trinajstić information content (AvgIpc) is 3.01. The van der Waals surface area contributed by atoms with Crippen molar-refractivity contribution >= 4 is 29.1 Å². The number of aromatic amines is 1. The van der Waals surface area contributed by atoms with Gasteiger partial charge in [0.1, 0.15) is 6.04 Å². The van der Waals surface area contributed by atoms with Gasteiger partial charge in [-0.25, -0.2) is 19.1 Å². The van der Waals surface area contributed by atoms with Gasteiger partial charge in [-0.15, -0.1) is 0 Å². The molecule has 8 nitrogen and oxygen atoms in total. The molecule has 134 valence electrons. The van der Waals surface area contributed by atoms with Crippen LogP contribution in [0.1, 0.15) is 15.9 Å². The Morgan fingerprint density at radius 3 is 2.88 bits per heavy atom. The molecule has 1 atom stereocenters. The molecule has 0 bridgehead atoms. The van der Waals surface area contributed by atoms with Crippen LogP contribution in [0.4, 0.5) is 0 Å². The number of halogens is 1. The molecule has 0 unspecified atom stereocenters. The lowest BCUT2D eigenvalue weighted by Gasteiger charge is -2.17. The highest BCUT2D eigenvalue weighted by atomic mass is 35.5. The number of hydrogen-bond acceptors (Lipinski definition) is 5. The number of ether oxygens (including phenoxy) is 1. The van der Waals surface area contributed by atoms with Gasteiger partial charge in [-0.2, -0.15) is 5.10 Å². The number of carbonyl (C=O) groups is 2. The lowest BCUT2D eigenvalue weighted by atomic mass is 10.1. The van der Waals surface area contributed by atoms with E-state index in [2.05, 4.69) is 15.5 Å². The van der Waals surface area contributed by atoms with Gasteiger partial charge < -0.3 is 10.1 Å². The molecule has 2 heterocycles. The van der Waals surface area contributed by atoms with Crippen LogP contribution in [-0.2, 0) is 16.0 Å². The van der Waals surface area contributed by atoms with E-state index in [4.69, 9.17) is 16.3 Å². The predicted octanol–water partition coefficient (Wildman–Crippen LogP) is 1.19. The Kier molecular flexibility index (Phi) is 5.04. The Hall–Kier alpha value is -3.13. The Labute approximate surface area is 152 Å². The SMILES string of the molecule is COC(=O)[C@@H](Cc1cccc(Cl)c1)NC(=O)c1ccc2n[nH]c(=O)n2c1. The van der Waals surface area contributed by atoms with Crippen molar-refractivity contribution in [3.05, 3.63) is 69.2 Å². The number of aromatic nitrogens is 3. The molecule has 0 saturated heterocycles. The first-order valence-electron chi connectivity index (χ1n) is 7.68. The van der Waals surface area contributed by atoms with Crippen LogP contribution in [-0.4, -0.2) is 39.6 Å². The second kappa shape index (κ2) is 7.40. The van der Waals surface area contributed by atoms with Crippen molar-refractivity contribution in [1.82, 2.24) is 19.9 Å². The first-order chi connectivity index (χ1) is 12.5. The van der Waals surface area contributed by atoms with Gasteiger partial charge in [0, 0.05) is 17.6 Å². The minimum absolute atomic E-state index is 0.209. The zero-order valence-electron chi connectivity index (χ0n) is 13.7. The highest BCUT2D eigenvalue weighted by molar-refractivity contribution is 6.30. The van der Waals surface area contributed by atoms with Crippen LogP contribution in [0.15, 0.2) is 47.4 Å². The maximum absolute atomic E-state index is 12.5.